The molecule has 1 atom stereocenters. The normalized spacial score (nSPS) is 33.4. The highest BCUT2D eigenvalue weighted by atomic mass is 32.2. The van der Waals surface area contributed by atoms with Crippen LogP contribution < -0.4 is 0 Å². The van der Waals surface area contributed by atoms with E-state index in [2.05, 4.69) is 0 Å². The molecular weight excluding hydrogens is 214 g/mol. The molecule has 2 heterocycles. The molecule has 2 aliphatic rings. The van der Waals surface area contributed by atoms with Crippen LogP contribution in [0.3, 0.4) is 0 Å². The minimum atomic E-state index is -3.28. The Kier molecular flexibility index (Phi) is 1.94. The molecule has 0 spiro atoms. The van der Waals surface area contributed by atoms with Crippen molar-refractivity contribution in [1.82, 2.24) is 4.31 Å². The number of rotatable bonds is 2. The van der Waals surface area contributed by atoms with Crippen molar-refractivity contribution in [3.05, 3.63) is 0 Å². The van der Waals surface area contributed by atoms with Crippen molar-refractivity contribution in [2.45, 2.75) is 11.7 Å². The molecule has 13 heavy (non-hydrogen) atoms. The number of hydrogen-bond acceptors (Lipinski definition) is 4. The molecule has 0 aromatic carbocycles. The fraction of sp³-hybridized carbons (Fsp3) is 1.00. The molecule has 2 aliphatic heterocycles. The van der Waals surface area contributed by atoms with Gasteiger partial charge in [0.1, 0.15) is 0 Å². The molecule has 0 N–H and O–H groups in total. The van der Waals surface area contributed by atoms with Crippen LogP contribution in [0.15, 0.2) is 0 Å². The molecule has 0 aromatic rings. The summed E-state index contributed by atoms with van der Waals surface area (Å²) in [6.45, 7) is 1.11. The molecule has 0 radical (unpaired) electrons. The van der Waals surface area contributed by atoms with Crippen LogP contribution in [0.1, 0.15) is 6.42 Å². The van der Waals surface area contributed by atoms with Crippen molar-refractivity contribution in [1.29, 1.82) is 0 Å². The fourth-order valence-corrected chi connectivity index (χ4v) is 5.93. The maximum absolute atomic E-state index is 11.5. The van der Waals surface area contributed by atoms with Crippen molar-refractivity contribution in [3.8, 4) is 0 Å². The van der Waals surface area contributed by atoms with Gasteiger partial charge in [0.25, 0.3) is 0 Å². The third-order valence-corrected chi connectivity index (χ3v) is 6.69. The van der Waals surface area contributed by atoms with Gasteiger partial charge in [-0.25, -0.2) is 16.8 Å². The van der Waals surface area contributed by atoms with Gasteiger partial charge in [0.05, 0.1) is 16.8 Å². The van der Waals surface area contributed by atoms with E-state index in [0.29, 0.717) is 13.1 Å². The molecular formula is C6H11NO4S2. The van der Waals surface area contributed by atoms with Crippen LogP contribution in [-0.4, -0.2) is 51.0 Å². The standard InChI is InChI=1S/C6H11NO4S2/c8-12(9)4-1-6(5-12)13(10,11)7-2-3-7/h6H,1-5H2. The number of sulfone groups is 1. The van der Waals surface area contributed by atoms with E-state index in [-0.39, 0.29) is 17.9 Å². The predicted octanol–water partition coefficient (Wildman–Crippen LogP) is -1.18. The van der Waals surface area contributed by atoms with E-state index in [1.807, 2.05) is 0 Å². The van der Waals surface area contributed by atoms with Crippen molar-refractivity contribution < 1.29 is 16.8 Å². The zero-order valence-corrected chi connectivity index (χ0v) is 8.64. The van der Waals surface area contributed by atoms with Crippen molar-refractivity contribution in [2.24, 2.45) is 0 Å². The zero-order chi connectivity index (χ0) is 9.69. The SMILES string of the molecule is O=S1(=O)CCC(S(=O)(=O)N2CC2)C1. The third-order valence-electron chi connectivity index (χ3n) is 2.38. The highest BCUT2D eigenvalue weighted by Gasteiger charge is 2.43. The van der Waals surface area contributed by atoms with Gasteiger partial charge in [-0.3, -0.25) is 0 Å². The highest BCUT2D eigenvalue weighted by Crippen LogP contribution is 2.25. The van der Waals surface area contributed by atoms with Crippen molar-refractivity contribution >= 4 is 19.9 Å². The van der Waals surface area contributed by atoms with Crippen LogP contribution in [0.4, 0.5) is 0 Å². The summed E-state index contributed by atoms with van der Waals surface area (Å²) in [4.78, 5) is 0. The van der Waals surface area contributed by atoms with E-state index >= 15 is 0 Å². The summed E-state index contributed by atoms with van der Waals surface area (Å²) in [7, 11) is -6.37. The minimum Gasteiger partial charge on any atom is -0.229 e. The molecule has 0 amide bonds. The van der Waals surface area contributed by atoms with Gasteiger partial charge in [0, 0.05) is 13.1 Å². The van der Waals surface area contributed by atoms with Gasteiger partial charge in [-0.2, -0.15) is 4.31 Å². The van der Waals surface area contributed by atoms with Gasteiger partial charge < -0.3 is 0 Å². The number of nitrogens with zero attached hydrogens (tertiary/aromatic N) is 1. The molecule has 0 aliphatic carbocycles. The Balaban J connectivity index is 2.20. The number of sulfonamides is 1. The molecule has 2 rings (SSSR count). The van der Waals surface area contributed by atoms with Gasteiger partial charge in [0.15, 0.2) is 9.84 Å². The Morgan fingerprint density at radius 3 is 2.23 bits per heavy atom. The van der Waals surface area contributed by atoms with Gasteiger partial charge >= 0.3 is 0 Å². The average Bonchev–Trinajstić information content (AvgIpc) is 2.76. The summed E-state index contributed by atoms with van der Waals surface area (Å²) in [5, 5.41) is -0.681. The summed E-state index contributed by atoms with van der Waals surface area (Å²) in [5.74, 6) is -0.170. The quantitative estimate of drug-likeness (QED) is 0.555. The van der Waals surface area contributed by atoms with E-state index in [0.717, 1.165) is 0 Å². The van der Waals surface area contributed by atoms with E-state index in [4.69, 9.17) is 0 Å². The lowest BCUT2D eigenvalue weighted by molar-refractivity contribution is 0.549. The van der Waals surface area contributed by atoms with Crippen LogP contribution in [0.25, 0.3) is 0 Å². The second-order valence-corrected chi connectivity index (χ2v) is 7.91. The van der Waals surface area contributed by atoms with Gasteiger partial charge in [0.2, 0.25) is 10.0 Å². The van der Waals surface area contributed by atoms with Crippen LogP contribution in [0, 0.1) is 0 Å². The summed E-state index contributed by atoms with van der Waals surface area (Å²) in [6, 6.07) is 0. The Hall–Kier alpha value is -0.140. The van der Waals surface area contributed by atoms with Gasteiger partial charge in [-0.05, 0) is 6.42 Å². The van der Waals surface area contributed by atoms with Gasteiger partial charge in [-0.1, -0.05) is 0 Å². The summed E-state index contributed by atoms with van der Waals surface area (Å²) in [5.41, 5.74) is 0. The lowest BCUT2D eigenvalue weighted by Crippen LogP contribution is -2.28. The summed E-state index contributed by atoms with van der Waals surface area (Å²) in [6.07, 6.45) is 0.265. The van der Waals surface area contributed by atoms with Crippen LogP contribution >= 0.6 is 0 Å². The maximum Gasteiger partial charge on any atom is 0.218 e. The predicted molar refractivity (Wildman–Crippen MR) is 47.6 cm³/mol. The molecule has 0 saturated carbocycles. The molecule has 76 valence electrons. The monoisotopic (exact) mass is 225 g/mol. The first kappa shape index (κ1) is 9.42. The van der Waals surface area contributed by atoms with Crippen molar-refractivity contribution in [2.75, 3.05) is 24.6 Å². The van der Waals surface area contributed by atoms with E-state index in [9.17, 15) is 16.8 Å². The molecule has 2 saturated heterocycles. The highest BCUT2D eigenvalue weighted by molar-refractivity contribution is 7.95. The molecule has 2 fully saturated rings. The molecule has 0 bridgehead atoms. The van der Waals surface area contributed by atoms with Gasteiger partial charge in [-0.15, -0.1) is 0 Å². The topological polar surface area (TPSA) is 71.3 Å². The van der Waals surface area contributed by atoms with Crippen LogP contribution in [0.2, 0.25) is 0 Å². The van der Waals surface area contributed by atoms with Crippen LogP contribution in [-0.2, 0) is 19.9 Å². The van der Waals surface area contributed by atoms with E-state index in [1.54, 1.807) is 0 Å². The van der Waals surface area contributed by atoms with E-state index in [1.165, 1.54) is 4.31 Å². The first-order valence-corrected chi connectivity index (χ1v) is 7.44. The summed E-state index contributed by atoms with van der Waals surface area (Å²) >= 11 is 0. The molecule has 1 unspecified atom stereocenters. The maximum atomic E-state index is 11.5. The Morgan fingerprint density at radius 1 is 1.23 bits per heavy atom. The first-order valence-electron chi connectivity index (χ1n) is 4.11. The second kappa shape index (κ2) is 2.68. The van der Waals surface area contributed by atoms with E-state index < -0.39 is 25.1 Å². The zero-order valence-electron chi connectivity index (χ0n) is 7.01. The lowest BCUT2D eigenvalue weighted by atomic mass is 10.4. The minimum absolute atomic E-state index is 0.0186. The second-order valence-electron chi connectivity index (χ2n) is 3.47. The molecule has 5 nitrogen and oxygen atoms in total. The summed E-state index contributed by atoms with van der Waals surface area (Å²) < 4.78 is 46.5. The van der Waals surface area contributed by atoms with Crippen molar-refractivity contribution in [3.63, 3.8) is 0 Å². The van der Waals surface area contributed by atoms with Crippen LogP contribution in [0.5, 0.6) is 0 Å². The largest absolute Gasteiger partial charge is 0.229 e. The smallest absolute Gasteiger partial charge is 0.218 e. The fourth-order valence-electron chi connectivity index (χ4n) is 1.50. The third kappa shape index (κ3) is 1.72. The molecule has 0 aromatic heterocycles. The Labute approximate surface area is 77.7 Å². The Morgan fingerprint density at radius 2 is 1.85 bits per heavy atom. The first-order chi connectivity index (χ1) is 5.92. The number of hydrogen-bond donors (Lipinski definition) is 0. The molecule has 7 heteroatoms. The Bertz CT molecular complexity index is 406. The average molecular weight is 225 g/mol. The lowest BCUT2D eigenvalue weighted by Gasteiger charge is -2.08.